The number of anilines is 2. The van der Waals surface area contributed by atoms with Gasteiger partial charge in [-0.05, 0) is 12.1 Å². The SMILES string of the molecule is COc1ccc(NC(=O)CNc2cc(OC)c(Cl)cc2OC)c([N+](=O)[O-])c1. The number of nitrogens with one attached hydrogen (secondary N) is 2. The van der Waals surface area contributed by atoms with E-state index in [1.807, 2.05) is 0 Å². The van der Waals surface area contributed by atoms with Crippen LogP contribution in [0, 0.1) is 10.1 Å². The summed E-state index contributed by atoms with van der Waals surface area (Å²) in [5.41, 5.74) is 0.278. The van der Waals surface area contributed by atoms with Crippen LogP contribution in [-0.2, 0) is 4.79 Å². The van der Waals surface area contributed by atoms with Crippen LogP contribution < -0.4 is 24.8 Å². The van der Waals surface area contributed by atoms with E-state index in [0.29, 0.717) is 28.0 Å². The van der Waals surface area contributed by atoms with Gasteiger partial charge >= 0.3 is 0 Å². The Morgan fingerprint density at radius 1 is 1.07 bits per heavy atom. The first-order chi connectivity index (χ1) is 12.9. The van der Waals surface area contributed by atoms with Gasteiger partial charge in [0, 0.05) is 12.1 Å². The Labute approximate surface area is 160 Å². The van der Waals surface area contributed by atoms with Crippen LogP contribution in [0.5, 0.6) is 17.2 Å². The van der Waals surface area contributed by atoms with Crippen LogP contribution in [0.25, 0.3) is 0 Å². The molecule has 0 aromatic heterocycles. The molecule has 0 aliphatic carbocycles. The van der Waals surface area contributed by atoms with Crippen molar-refractivity contribution < 1.29 is 23.9 Å². The normalized spacial score (nSPS) is 10.1. The zero-order valence-corrected chi connectivity index (χ0v) is 15.6. The number of nitro groups is 1. The Morgan fingerprint density at radius 3 is 2.37 bits per heavy atom. The van der Waals surface area contributed by atoms with E-state index in [2.05, 4.69) is 10.6 Å². The van der Waals surface area contributed by atoms with E-state index < -0.39 is 10.8 Å². The number of amides is 1. The zero-order valence-electron chi connectivity index (χ0n) is 14.9. The van der Waals surface area contributed by atoms with Crippen LogP contribution in [0.15, 0.2) is 30.3 Å². The van der Waals surface area contributed by atoms with Gasteiger partial charge in [-0.25, -0.2) is 0 Å². The van der Waals surface area contributed by atoms with Crippen LogP contribution in [0.3, 0.4) is 0 Å². The molecule has 2 aromatic carbocycles. The molecule has 0 aliphatic heterocycles. The lowest BCUT2D eigenvalue weighted by atomic mass is 10.2. The number of hydrogen-bond donors (Lipinski definition) is 2. The summed E-state index contributed by atoms with van der Waals surface area (Å²) in [4.78, 5) is 22.8. The third-order valence-corrected chi connectivity index (χ3v) is 3.88. The molecule has 2 aromatic rings. The molecule has 144 valence electrons. The number of nitro benzene ring substituents is 1. The topological polar surface area (TPSA) is 112 Å². The maximum Gasteiger partial charge on any atom is 0.296 e. The first-order valence-electron chi connectivity index (χ1n) is 7.67. The Hall–Kier alpha value is -3.20. The van der Waals surface area contributed by atoms with Crippen molar-refractivity contribution in [3.8, 4) is 17.2 Å². The van der Waals surface area contributed by atoms with Crippen LogP contribution in [-0.4, -0.2) is 38.7 Å². The number of nitrogens with zero attached hydrogens (tertiary/aromatic N) is 1. The van der Waals surface area contributed by atoms with E-state index >= 15 is 0 Å². The van der Waals surface area contributed by atoms with Crippen molar-refractivity contribution in [3.63, 3.8) is 0 Å². The third kappa shape index (κ3) is 4.91. The van der Waals surface area contributed by atoms with Gasteiger partial charge < -0.3 is 24.8 Å². The van der Waals surface area contributed by atoms with Crippen molar-refractivity contribution in [2.75, 3.05) is 38.5 Å². The molecule has 1 amide bonds. The highest BCUT2D eigenvalue weighted by Gasteiger charge is 2.18. The lowest BCUT2D eigenvalue weighted by Crippen LogP contribution is -2.22. The fourth-order valence-electron chi connectivity index (χ4n) is 2.26. The van der Waals surface area contributed by atoms with Gasteiger partial charge in [-0.1, -0.05) is 11.6 Å². The molecule has 0 unspecified atom stereocenters. The van der Waals surface area contributed by atoms with Gasteiger partial charge in [0.15, 0.2) is 0 Å². The molecule has 0 aliphatic rings. The number of benzene rings is 2. The Bertz CT molecular complexity index is 859. The summed E-state index contributed by atoms with van der Waals surface area (Å²) in [5, 5.41) is 16.9. The van der Waals surface area contributed by atoms with Gasteiger partial charge in [0.05, 0.1) is 49.6 Å². The number of hydrogen-bond acceptors (Lipinski definition) is 7. The predicted octanol–water partition coefficient (Wildman–Crippen LogP) is 3.32. The molecule has 0 bridgehead atoms. The van der Waals surface area contributed by atoms with Crippen LogP contribution >= 0.6 is 11.6 Å². The van der Waals surface area contributed by atoms with E-state index in [9.17, 15) is 14.9 Å². The second kappa shape index (κ2) is 8.95. The second-order valence-electron chi connectivity index (χ2n) is 5.23. The predicted molar refractivity (Wildman–Crippen MR) is 101 cm³/mol. The number of carbonyl (C=O) groups is 1. The van der Waals surface area contributed by atoms with Crippen molar-refractivity contribution in [1.82, 2.24) is 0 Å². The van der Waals surface area contributed by atoms with Crippen molar-refractivity contribution in [1.29, 1.82) is 0 Å². The minimum Gasteiger partial charge on any atom is -0.496 e. The summed E-state index contributed by atoms with van der Waals surface area (Å²) >= 11 is 6.04. The van der Waals surface area contributed by atoms with Gasteiger partial charge in [-0.3, -0.25) is 14.9 Å². The van der Waals surface area contributed by atoms with Gasteiger partial charge in [0.1, 0.15) is 22.9 Å². The smallest absolute Gasteiger partial charge is 0.296 e. The fourth-order valence-corrected chi connectivity index (χ4v) is 2.49. The van der Waals surface area contributed by atoms with Crippen molar-refractivity contribution in [2.24, 2.45) is 0 Å². The molecule has 0 spiro atoms. The zero-order chi connectivity index (χ0) is 20.0. The van der Waals surface area contributed by atoms with Gasteiger partial charge in [0.2, 0.25) is 5.91 Å². The maximum atomic E-state index is 12.2. The lowest BCUT2D eigenvalue weighted by Gasteiger charge is -2.14. The highest BCUT2D eigenvalue weighted by atomic mass is 35.5. The molecule has 2 rings (SSSR count). The van der Waals surface area contributed by atoms with Crippen molar-refractivity contribution in [3.05, 3.63) is 45.5 Å². The van der Waals surface area contributed by atoms with E-state index in [1.54, 1.807) is 12.1 Å². The first kappa shape index (κ1) is 20.1. The molecule has 27 heavy (non-hydrogen) atoms. The van der Waals surface area contributed by atoms with Gasteiger partial charge in [-0.2, -0.15) is 0 Å². The second-order valence-corrected chi connectivity index (χ2v) is 5.64. The van der Waals surface area contributed by atoms with Crippen molar-refractivity contribution >= 4 is 34.6 Å². The van der Waals surface area contributed by atoms with E-state index in [-0.39, 0.29) is 17.9 Å². The summed E-state index contributed by atoms with van der Waals surface area (Å²) in [6.07, 6.45) is 0. The van der Waals surface area contributed by atoms with Crippen LogP contribution in [0.1, 0.15) is 0 Å². The van der Waals surface area contributed by atoms with E-state index in [4.69, 9.17) is 25.8 Å². The number of halogens is 1. The minimum absolute atomic E-state index is 0.0632. The average Bonchev–Trinajstić information content (AvgIpc) is 2.66. The monoisotopic (exact) mass is 395 g/mol. The molecule has 0 saturated carbocycles. The quantitative estimate of drug-likeness (QED) is 0.520. The van der Waals surface area contributed by atoms with E-state index in [0.717, 1.165) is 0 Å². The molecule has 0 atom stereocenters. The fraction of sp³-hybridized carbons (Fsp3) is 0.235. The number of rotatable bonds is 8. The van der Waals surface area contributed by atoms with E-state index in [1.165, 1.54) is 39.5 Å². The largest absolute Gasteiger partial charge is 0.496 e. The summed E-state index contributed by atoms with van der Waals surface area (Å²) < 4.78 is 15.3. The molecule has 0 fully saturated rings. The lowest BCUT2D eigenvalue weighted by molar-refractivity contribution is -0.384. The van der Waals surface area contributed by atoms with Gasteiger partial charge in [-0.15, -0.1) is 0 Å². The average molecular weight is 396 g/mol. The van der Waals surface area contributed by atoms with Crippen molar-refractivity contribution in [2.45, 2.75) is 0 Å². The molecule has 0 heterocycles. The molecular weight excluding hydrogens is 378 g/mol. The Morgan fingerprint density at radius 2 is 1.78 bits per heavy atom. The van der Waals surface area contributed by atoms with Crippen LogP contribution in [0.2, 0.25) is 5.02 Å². The number of ether oxygens (including phenoxy) is 3. The first-order valence-corrected chi connectivity index (χ1v) is 8.05. The molecule has 9 nitrogen and oxygen atoms in total. The summed E-state index contributed by atoms with van der Waals surface area (Å²) in [5.74, 6) is 0.658. The minimum atomic E-state index is -0.599. The molecule has 2 N–H and O–H groups in total. The molecular formula is C17H18ClN3O6. The molecule has 0 radical (unpaired) electrons. The Kier molecular flexibility index (Phi) is 6.67. The highest BCUT2D eigenvalue weighted by Crippen LogP contribution is 2.35. The highest BCUT2D eigenvalue weighted by molar-refractivity contribution is 6.32. The third-order valence-electron chi connectivity index (χ3n) is 3.59. The molecule has 0 saturated heterocycles. The summed E-state index contributed by atoms with van der Waals surface area (Å²) in [6, 6.07) is 7.29. The van der Waals surface area contributed by atoms with Gasteiger partial charge in [0.25, 0.3) is 5.69 Å². The van der Waals surface area contributed by atoms with Crippen LogP contribution in [0.4, 0.5) is 17.1 Å². The standard InChI is InChI=1S/C17H18ClN3O6/c1-25-10-4-5-12(14(6-10)21(23)24)20-17(22)9-19-13-8-15(26-2)11(18)7-16(13)27-3/h4-8,19H,9H2,1-3H3,(H,20,22). The number of carbonyl (C=O) groups excluding carboxylic acids is 1. The Balaban J connectivity index is 2.12. The summed E-state index contributed by atoms with van der Waals surface area (Å²) in [7, 11) is 4.33. The number of methoxy groups -OCH3 is 3. The molecule has 10 heteroatoms. The maximum absolute atomic E-state index is 12.2. The summed E-state index contributed by atoms with van der Waals surface area (Å²) in [6.45, 7) is -0.162.